The van der Waals surface area contributed by atoms with Crippen LogP contribution in [0.15, 0.2) is 66.2 Å². The molecule has 12 nitrogen and oxygen atoms in total. The van der Waals surface area contributed by atoms with Crippen LogP contribution in [-0.2, 0) is 14.4 Å². The molecule has 2 heterocycles. The van der Waals surface area contributed by atoms with E-state index in [0.29, 0.717) is 67.2 Å². The van der Waals surface area contributed by atoms with Gasteiger partial charge in [0.15, 0.2) is 0 Å². The Morgan fingerprint density at radius 1 is 0.889 bits per heavy atom. The van der Waals surface area contributed by atoms with Crippen molar-refractivity contribution in [2.24, 2.45) is 0 Å². The largest absolute Gasteiger partial charge is 0.497 e. The summed E-state index contributed by atoms with van der Waals surface area (Å²) in [5.41, 5.74) is 4.59. The Morgan fingerprint density at radius 3 is 2.19 bits per heavy atom. The zero-order valence-electron chi connectivity index (χ0n) is 30.9. The van der Waals surface area contributed by atoms with Gasteiger partial charge in [-0.3, -0.25) is 14.4 Å². The predicted molar refractivity (Wildman–Crippen MR) is 203 cm³/mol. The van der Waals surface area contributed by atoms with Gasteiger partial charge in [0.2, 0.25) is 5.91 Å². The molecule has 13 heteroatoms. The molecule has 0 spiro atoms. The standard InChI is InChI=1S/C41H48ClN3O9/c1-25-18-35(42)37(19-26(25)2)54-17-16-53-32-8-4-27(5-9-32)34-20-28-23-44(38(47)21-30(46)22-39(48)49)24-36(43-28)40(34)41(50)45(29-6-7-29)14-15-52-33-12-10-31(51-3)11-13-33/h4-5,8-13,18-19,28-30,36,43,46H,6-7,14-17,20-24H2,1-3H3,(H,48,49)/t28-,30+,36-/m1/s1. The van der Waals surface area contributed by atoms with Crippen molar-refractivity contribution in [1.82, 2.24) is 15.1 Å². The van der Waals surface area contributed by atoms with E-state index in [-0.39, 0.29) is 36.9 Å². The van der Waals surface area contributed by atoms with E-state index in [4.69, 9.17) is 35.7 Å². The number of carbonyl (C=O) groups excluding carboxylic acids is 2. The fourth-order valence-corrected chi connectivity index (χ4v) is 7.30. The lowest BCUT2D eigenvalue weighted by atomic mass is 9.82. The van der Waals surface area contributed by atoms with Gasteiger partial charge in [0.25, 0.3) is 5.91 Å². The number of nitrogens with one attached hydrogen (secondary N) is 1. The van der Waals surface area contributed by atoms with Gasteiger partial charge in [-0.1, -0.05) is 23.7 Å². The summed E-state index contributed by atoms with van der Waals surface area (Å²) in [5, 5.41) is 23.4. The number of halogens is 1. The van der Waals surface area contributed by atoms with Crippen molar-refractivity contribution in [3.05, 3.63) is 87.9 Å². The monoisotopic (exact) mass is 761 g/mol. The Kier molecular flexibility index (Phi) is 12.7. The SMILES string of the molecule is COc1ccc(OCCN(C(=O)C2=C(c3ccc(OCCOc4cc(C)c(C)cc4Cl)cc3)C[C@@H]3CN(C(=O)C[C@H](O)CC(=O)O)C[C@H]2N3)C2CC2)cc1. The highest BCUT2D eigenvalue weighted by molar-refractivity contribution is 6.32. The molecule has 1 saturated carbocycles. The minimum absolute atomic E-state index is 0.0904. The van der Waals surface area contributed by atoms with Crippen LogP contribution in [0.2, 0.25) is 5.02 Å². The van der Waals surface area contributed by atoms with Gasteiger partial charge in [0.1, 0.15) is 42.8 Å². The van der Waals surface area contributed by atoms with Gasteiger partial charge in [-0.05, 0) is 104 Å². The van der Waals surface area contributed by atoms with E-state index in [1.807, 2.05) is 79.4 Å². The highest BCUT2D eigenvalue weighted by atomic mass is 35.5. The van der Waals surface area contributed by atoms with E-state index in [1.54, 1.807) is 12.0 Å². The number of methoxy groups -OCH3 is 1. The number of aliphatic hydroxyl groups is 1. The van der Waals surface area contributed by atoms with Gasteiger partial charge in [-0.15, -0.1) is 0 Å². The molecule has 3 atom stereocenters. The molecule has 2 bridgehead atoms. The van der Waals surface area contributed by atoms with E-state index in [0.717, 1.165) is 40.9 Å². The third-order valence-electron chi connectivity index (χ3n) is 10.1. The summed E-state index contributed by atoms with van der Waals surface area (Å²) in [7, 11) is 1.61. The summed E-state index contributed by atoms with van der Waals surface area (Å²) in [6, 6.07) is 18.3. The first-order valence-electron chi connectivity index (χ1n) is 18.4. The quantitative estimate of drug-likeness (QED) is 0.160. The number of ether oxygens (including phenoxy) is 4. The summed E-state index contributed by atoms with van der Waals surface area (Å²) >= 11 is 6.36. The van der Waals surface area contributed by atoms with E-state index >= 15 is 0 Å². The molecule has 2 aliphatic heterocycles. The number of carbonyl (C=O) groups is 3. The molecule has 54 heavy (non-hydrogen) atoms. The average molecular weight is 762 g/mol. The molecule has 2 amide bonds. The summed E-state index contributed by atoms with van der Waals surface area (Å²) in [5.74, 6) is 1.05. The zero-order valence-corrected chi connectivity index (χ0v) is 31.6. The molecule has 1 aliphatic carbocycles. The Bertz CT molecular complexity index is 1850. The molecule has 2 fully saturated rings. The second-order valence-corrected chi connectivity index (χ2v) is 14.5. The van der Waals surface area contributed by atoms with Crippen LogP contribution in [0, 0.1) is 13.8 Å². The minimum Gasteiger partial charge on any atom is -0.497 e. The van der Waals surface area contributed by atoms with Crippen LogP contribution in [-0.4, -0.2) is 109 Å². The van der Waals surface area contributed by atoms with Crippen molar-refractivity contribution < 1.29 is 43.5 Å². The molecule has 6 rings (SSSR count). The van der Waals surface area contributed by atoms with Gasteiger partial charge in [-0.2, -0.15) is 0 Å². The number of amides is 2. The number of hydrogen-bond acceptors (Lipinski definition) is 9. The lowest BCUT2D eigenvalue weighted by molar-refractivity contribution is -0.141. The molecule has 3 aliphatic rings. The number of aliphatic carboxylic acids is 1. The number of nitrogens with zero attached hydrogens (tertiary/aromatic N) is 2. The van der Waals surface area contributed by atoms with Crippen molar-refractivity contribution in [3.63, 3.8) is 0 Å². The molecule has 3 aromatic rings. The van der Waals surface area contributed by atoms with Crippen LogP contribution in [0.4, 0.5) is 0 Å². The third-order valence-corrected chi connectivity index (χ3v) is 10.4. The number of hydrogen-bond donors (Lipinski definition) is 3. The first-order chi connectivity index (χ1) is 26.0. The van der Waals surface area contributed by atoms with Crippen LogP contribution in [0.5, 0.6) is 23.0 Å². The van der Waals surface area contributed by atoms with Crippen LogP contribution in [0.25, 0.3) is 5.57 Å². The third kappa shape index (κ3) is 9.85. The van der Waals surface area contributed by atoms with Crippen molar-refractivity contribution in [1.29, 1.82) is 0 Å². The number of piperazine rings is 1. The Balaban J connectivity index is 1.19. The second kappa shape index (κ2) is 17.6. The highest BCUT2D eigenvalue weighted by Crippen LogP contribution is 2.37. The summed E-state index contributed by atoms with van der Waals surface area (Å²) < 4.78 is 23.1. The zero-order chi connectivity index (χ0) is 38.4. The molecule has 0 aromatic heterocycles. The Labute approximate surface area is 320 Å². The first-order valence-corrected chi connectivity index (χ1v) is 18.7. The summed E-state index contributed by atoms with van der Waals surface area (Å²) in [4.78, 5) is 42.6. The number of aryl methyl sites for hydroxylation is 2. The van der Waals surface area contributed by atoms with E-state index < -0.39 is 24.5 Å². The van der Waals surface area contributed by atoms with Gasteiger partial charge >= 0.3 is 5.97 Å². The van der Waals surface area contributed by atoms with Crippen LogP contribution in [0.1, 0.15) is 48.8 Å². The van der Waals surface area contributed by atoms with Crippen molar-refractivity contribution in [2.45, 2.75) is 70.2 Å². The van der Waals surface area contributed by atoms with E-state index in [1.165, 1.54) is 0 Å². The van der Waals surface area contributed by atoms with Crippen LogP contribution >= 0.6 is 11.6 Å². The predicted octanol–water partition coefficient (Wildman–Crippen LogP) is 5.05. The number of fused-ring (bicyclic) bond motifs is 2. The molecule has 3 N–H and O–H groups in total. The van der Waals surface area contributed by atoms with Crippen LogP contribution in [0.3, 0.4) is 0 Å². The second-order valence-electron chi connectivity index (χ2n) is 14.1. The number of carboxylic acid groups (broad SMARTS) is 1. The Morgan fingerprint density at radius 2 is 1.52 bits per heavy atom. The maximum atomic E-state index is 14.7. The lowest BCUT2D eigenvalue weighted by Crippen LogP contribution is -2.62. The average Bonchev–Trinajstić information content (AvgIpc) is 3.99. The molecular formula is C41H48ClN3O9. The summed E-state index contributed by atoms with van der Waals surface area (Å²) in [6.07, 6.45) is 0.188. The first kappa shape index (κ1) is 38.9. The van der Waals surface area contributed by atoms with Gasteiger partial charge in [0.05, 0.1) is 43.7 Å². The number of benzene rings is 3. The summed E-state index contributed by atoms with van der Waals surface area (Å²) in [6.45, 7) is 5.90. The van der Waals surface area contributed by atoms with Crippen molar-refractivity contribution in [2.75, 3.05) is 46.6 Å². The lowest BCUT2D eigenvalue weighted by Gasteiger charge is -2.45. The normalized spacial score (nSPS) is 18.5. The smallest absolute Gasteiger partial charge is 0.305 e. The molecule has 0 unspecified atom stereocenters. The maximum absolute atomic E-state index is 14.7. The minimum atomic E-state index is -1.29. The maximum Gasteiger partial charge on any atom is 0.305 e. The fourth-order valence-electron chi connectivity index (χ4n) is 7.03. The van der Waals surface area contributed by atoms with Crippen molar-refractivity contribution in [3.8, 4) is 23.0 Å². The van der Waals surface area contributed by atoms with Gasteiger partial charge < -0.3 is 44.3 Å². The number of carboxylic acids is 1. The molecule has 288 valence electrons. The molecular weight excluding hydrogens is 714 g/mol. The molecule has 0 radical (unpaired) electrons. The van der Waals surface area contributed by atoms with Gasteiger partial charge in [0, 0.05) is 30.7 Å². The van der Waals surface area contributed by atoms with E-state index in [2.05, 4.69) is 5.32 Å². The van der Waals surface area contributed by atoms with Gasteiger partial charge in [-0.25, -0.2) is 0 Å². The topological polar surface area (TPSA) is 147 Å². The van der Waals surface area contributed by atoms with E-state index in [9.17, 15) is 19.5 Å². The number of rotatable bonds is 17. The fraction of sp³-hybridized carbons (Fsp3) is 0.439. The van der Waals surface area contributed by atoms with Crippen molar-refractivity contribution >= 4 is 35.0 Å². The van der Waals surface area contributed by atoms with Crippen LogP contribution < -0.4 is 24.3 Å². The molecule has 1 saturated heterocycles. The number of aliphatic hydroxyl groups excluding tert-OH is 1. The highest BCUT2D eigenvalue weighted by Gasteiger charge is 2.43. The molecule has 3 aromatic carbocycles. The Hall–Kier alpha value is -4.78.